The number of carbonyl (C=O) groups is 3. The van der Waals surface area contributed by atoms with E-state index in [2.05, 4.69) is 20.4 Å². The van der Waals surface area contributed by atoms with Crippen LogP contribution in [0.1, 0.15) is 11.4 Å². The van der Waals surface area contributed by atoms with Crippen molar-refractivity contribution < 1.29 is 28.9 Å². The Hall–Kier alpha value is -4.22. The van der Waals surface area contributed by atoms with Crippen molar-refractivity contribution >= 4 is 73.9 Å². The number of β-lactam (4-membered cyclic amide) rings is 1. The molecule has 0 saturated carbocycles. The van der Waals surface area contributed by atoms with Crippen LogP contribution in [0.2, 0.25) is 0 Å². The summed E-state index contributed by atoms with van der Waals surface area (Å²) in [6.07, 6.45) is 3.47. The van der Waals surface area contributed by atoms with E-state index in [4.69, 9.17) is 22.0 Å². The molecule has 39 heavy (non-hydrogen) atoms. The van der Waals surface area contributed by atoms with E-state index in [9.17, 15) is 19.5 Å². The first-order valence-corrected chi connectivity index (χ1v) is 14.1. The highest BCUT2D eigenvalue weighted by molar-refractivity contribution is 8.00. The molecule has 1 saturated heterocycles. The average molecular weight is 589 g/mol. The highest BCUT2D eigenvalue weighted by Gasteiger charge is 2.54. The molecular weight excluding hydrogens is 567 g/mol. The van der Waals surface area contributed by atoms with Crippen LogP contribution in [-0.4, -0.2) is 60.6 Å². The summed E-state index contributed by atoms with van der Waals surface area (Å²) in [7, 11) is 0. The van der Waals surface area contributed by atoms with E-state index in [1.165, 1.54) is 33.4 Å². The van der Waals surface area contributed by atoms with Crippen molar-refractivity contribution in [3.63, 3.8) is 0 Å². The molecule has 5 rings (SSSR count). The normalized spacial score (nSPS) is 18.9. The molecule has 2 amide bonds. The van der Waals surface area contributed by atoms with Crippen LogP contribution in [0, 0.1) is 0 Å². The molecule has 5 heterocycles. The number of nitrogens with zero attached hydrogens (tertiary/aromatic N) is 5. The van der Waals surface area contributed by atoms with Crippen molar-refractivity contribution in [3.8, 4) is 0 Å². The lowest BCUT2D eigenvalue weighted by atomic mass is 10.0. The molecule has 202 valence electrons. The van der Waals surface area contributed by atoms with Gasteiger partial charge >= 0.3 is 5.97 Å². The first-order chi connectivity index (χ1) is 18.7. The van der Waals surface area contributed by atoms with E-state index >= 15 is 0 Å². The Kier molecular flexibility index (Phi) is 7.36. The fourth-order valence-corrected chi connectivity index (χ4v) is 6.39. The molecule has 2 aliphatic rings. The van der Waals surface area contributed by atoms with Gasteiger partial charge in [0.2, 0.25) is 0 Å². The van der Waals surface area contributed by atoms with Crippen molar-refractivity contribution in [1.29, 1.82) is 0 Å². The largest absolute Gasteiger partial charge is 0.477 e. The Morgan fingerprint density at radius 1 is 1.18 bits per heavy atom. The molecule has 0 aromatic carbocycles. The number of hydrogen-bond acceptors (Lipinski definition) is 13. The highest BCUT2D eigenvalue weighted by Crippen LogP contribution is 2.40. The summed E-state index contributed by atoms with van der Waals surface area (Å²) < 4.78 is 1.78. The molecule has 0 radical (unpaired) electrons. The van der Waals surface area contributed by atoms with Gasteiger partial charge in [-0.1, -0.05) is 5.16 Å². The van der Waals surface area contributed by atoms with E-state index in [0.29, 0.717) is 27.8 Å². The summed E-state index contributed by atoms with van der Waals surface area (Å²) in [5.41, 5.74) is 18.6. The van der Waals surface area contributed by atoms with Crippen LogP contribution in [0.5, 0.6) is 0 Å². The number of carboxylic acids is 1. The summed E-state index contributed by atoms with van der Waals surface area (Å²) >= 11 is 3.70. The summed E-state index contributed by atoms with van der Waals surface area (Å²) in [6, 6.07) is 2.43. The fraction of sp³-hybridized carbons (Fsp3) is 0.227. The minimum Gasteiger partial charge on any atom is -0.477 e. The summed E-state index contributed by atoms with van der Waals surface area (Å²) in [5, 5.41) is 19.7. The Balaban J connectivity index is 1.32. The Bertz CT molecular complexity index is 1500. The zero-order chi connectivity index (χ0) is 27.7. The number of carbonyl (C=O) groups excluding carboxylic acids is 2. The quantitative estimate of drug-likeness (QED) is 0.0969. The Morgan fingerprint density at radius 2 is 1.90 bits per heavy atom. The van der Waals surface area contributed by atoms with Gasteiger partial charge in [0.05, 0.1) is 5.69 Å². The zero-order valence-electron chi connectivity index (χ0n) is 20.0. The smallest absolute Gasteiger partial charge is 0.352 e. The van der Waals surface area contributed by atoms with Crippen LogP contribution in [0.3, 0.4) is 0 Å². The minimum atomic E-state index is -1.22. The molecule has 0 spiro atoms. The Labute approximate surface area is 233 Å². The van der Waals surface area contributed by atoms with Crippen molar-refractivity contribution in [2.24, 2.45) is 5.16 Å². The Morgan fingerprint density at radius 3 is 2.54 bits per heavy atom. The van der Waals surface area contributed by atoms with Gasteiger partial charge in [-0.15, -0.1) is 34.4 Å². The van der Waals surface area contributed by atoms with Crippen molar-refractivity contribution in [1.82, 2.24) is 20.2 Å². The second-order valence-corrected chi connectivity index (χ2v) is 11.3. The van der Waals surface area contributed by atoms with Crippen LogP contribution < -0.4 is 27.1 Å². The van der Waals surface area contributed by atoms with E-state index in [0.717, 1.165) is 11.3 Å². The third kappa shape index (κ3) is 5.50. The predicted octanol–water partition coefficient (Wildman–Crippen LogP) is -0.00660. The number of rotatable bonds is 9. The first-order valence-electron chi connectivity index (χ1n) is 11.3. The van der Waals surface area contributed by atoms with Gasteiger partial charge < -0.3 is 32.5 Å². The minimum absolute atomic E-state index is 0.0414. The topological polar surface area (TPSA) is 216 Å². The summed E-state index contributed by atoms with van der Waals surface area (Å²) in [6.45, 7) is 0.229. The number of nitrogen functional groups attached to an aromatic ring is 3. The van der Waals surface area contributed by atoms with Crippen LogP contribution in [0.15, 0.2) is 51.7 Å². The van der Waals surface area contributed by atoms with Crippen LogP contribution in [0.4, 0.5) is 16.0 Å². The first kappa shape index (κ1) is 26.4. The van der Waals surface area contributed by atoms with Gasteiger partial charge in [-0.3, -0.25) is 14.5 Å². The standard InChI is InChI=1S/C22H21N9O5S3/c23-11-1-3-30(4-2-11)5-10-7-37-19-15(18(33)31(19)16(10)20(34)35)28-17(32)14(13-9-39-22(25)27-13)29-36-6-12-8-38-21(24)26-12/h1-4,8-9,15,19,23H,5-7H2,(H6,24,25,26,27,28,32,34,35)/p+1/t15?,19-/m0/s1. The van der Waals surface area contributed by atoms with Gasteiger partial charge in [-0.2, -0.15) is 0 Å². The van der Waals surface area contributed by atoms with Crippen LogP contribution in [-0.2, 0) is 32.4 Å². The molecule has 0 bridgehead atoms. The van der Waals surface area contributed by atoms with E-state index < -0.39 is 29.2 Å². The van der Waals surface area contributed by atoms with Crippen molar-refractivity contribution in [2.45, 2.75) is 24.6 Å². The summed E-state index contributed by atoms with van der Waals surface area (Å²) in [5.74, 6) is -2.14. The lowest BCUT2D eigenvalue weighted by molar-refractivity contribution is -0.688. The van der Waals surface area contributed by atoms with Crippen molar-refractivity contribution in [3.05, 3.63) is 57.9 Å². The van der Waals surface area contributed by atoms with Gasteiger partial charge in [-0.25, -0.2) is 19.3 Å². The van der Waals surface area contributed by atoms with Crippen molar-refractivity contribution in [2.75, 3.05) is 23.0 Å². The lowest BCUT2D eigenvalue weighted by Crippen LogP contribution is -2.71. The molecule has 1 unspecified atom stereocenters. The van der Waals surface area contributed by atoms with Gasteiger partial charge in [0, 0.05) is 39.9 Å². The molecule has 3 aromatic rings. The van der Waals surface area contributed by atoms with Gasteiger partial charge in [0.15, 0.2) is 41.5 Å². The monoisotopic (exact) mass is 588 g/mol. The number of amides is 2. The number of hydrogen-bond donors (Lipinski definition) is 5. The van der Waals surface area contributed by atoms with E-state index in [-0.39, 0.29) is 35.4 Å². The maximum Gasteiger partial charge on any atom is 0.352 e. The molecule has 0 aliphatic carbocycles. The number of thioether (sulfide) groups is 1. The van der Waals surface area contributed by atoms with E-state index in [1.54, 1.807) is 34.5 Å². The van der Waals surface area contributed by atoms with Crippen LogP contribution in [0.25, 0.3) is 0 Å². The number of fused-ring (bicyclic) bond motifs is 1. The fourth-order valence-electron chi connectivity index (χ4n) is 3.96. The molecule has 1 fully saturated rings. The molecule has 14 nitrogen and oxygen atoms in total. The number of oxime groups is 1. The maximum absolute atomic E-state index is 13.2. The SMILES string of the molecule is Nc1cc[n+](CC2=C(C(=O)O)N3C(=O)C(NC(=O)C(=NOCc4csc(N)n4)c4csc(N)n4)[C@@H]3SC2)cc1. The number of thiazole rings is 2. The third-order valence-corrected chi connectivity index (χ3v) is 8.48. The number of aliphatic carboxylic acids is 1. The third-order valence-electron chi connectivity index (χ3n) is 5.74. The molecule has 2 aliphatic heterocycles. The molecule has 3 aromatic heterocycles. The average Bonchev–Trinajstić information content (AvgIpc) is 3.53. The van der Waals surface area contributed by atoms with Crippen LogP contribution >= 0.6 is 34.4 Å². The number of nitrogens with one attached hydrogen (secondary N) is 1. The molecule has 17 heteroatoms. The maximum atomic E-state index is 13.2. The van der Waals surface area contributed by atoms with Gasteiger partial charge in [0.25, 0.3) is 11.8 Å². The number of pyridine rings is 1. The lowest BCUT2D eigenvalue weighted by Gasteiger charge is -2.49. The van der Waals surface area contributed by atoms with E-state index in [1.807, 2.05) is 0 Å². The second kappa shape index (κ2) is 10.9. The number of carboxylic acid groups (broad SMARTS) is 1. The number of aromatic nitrogens is 3. The molecular formula is C22H22N9O5S3+. The van der Waals surface area contributed by atoms with Gasteiger partial charge in [-0.05, 0) is 0 Å². The number of nitrogens with two attached hydrogens (primary N) is 3. The number of anilines is 3. The molecule has 2 atom stereocenters. The van der Waals surface area contributed by atoms with Gasteiger partial charge in [0.1, 0.15) is 22.8 Å². The molecule has 8 N–H and O–H groups in total. The summed E-state index contributed by atoms with van der Waals surface area (Å²) in [4.78, 5) is 53.2. The highest BCUT2D eigenvalue weighted by atomic mass is 32.2. The zero-order valence-corrected chi connectivity index (χ0v) is 22.5. The second-order valence-electron chi connectivity index (χ2n) is 8.38. The predicted molar refractivity (Wildman–Crippen MR) is 145 cm³/mol.